The number of anilines is 1. The van der Waals surface area contributed by atoms with Crippen LogP contribution in [0.4, 0.5) is 10.5 Å². The van der Waals surface area contributed by atoms with Gasteiger partial charge in [-0.25, -0.2) is 4.79 Å². The normalized spacial score (nSPS) is 15.0. The molecule has 0 aromatic heterocycles. The molecule has 0 radical (unpaired) electrons. The SMILES string of the molecule is Cc1ccccc1CC(NCc1ccc(NC(N)=O)cc1)C1CC1. The summed E-state index contributed by atoms with van der Waals surface area (Å²) in [6.07, 6.45) is 3.73. The van der Waals surface area contributed by atoms with E-state index in [1.54, 1.807) is 0 Å². The van der Waals surface area contributed by atoms with Crippen molar-refractivity contribution in [3.05, 3.63) is 65.2 Å². The molecule has 1 atom stereocenters. The first kappa shape index (κ1) is 16.5. The third kappa shape index (κ3) is 4.59. The van der Waals surface area contributed by atoms with Gasteiger partial charge in [-0.05, 0) is 60.9 Å². The van der Waals surface area contributed by atoms with E-state index in [0.717, 1.165) is 24.6 Å². The number of nitrogens with one attached hydrogen (secondary N) is 2. The number of rotatable bonds is 7. The lowest BCUT2D eigenvalue weighted by Gasteiger charge is -2.20. The number of amides is 2. The Morgan fingerprint density at radius 1 is 1.17 bits per heavy atom. The van der Waals surface area contributed by atoms with Gasteiger partial charge in [-0.3, -0.25) is 0 Å². The Morgan fingerprint density at radius 3 is 2.50 bits per heavy atom. The maximum Gasteiger partial charge on any atom is 0.316 e. The van der Waals surface area contributed by atoms with Gasteiger partial charge in [-0.2, -0.15) is 0 Å². The fourth-order valence-electron chi connectivity index (χ4n) is 3.08. The number of hydrogen-bond donors (Lipinski definition) is 3. The molecule has 1 aliphatic rings. The average molecular weight is 323 g/mol. The number of carbonyl (C=O) groups excluding carboxylic acids is 1. The molecule has 4 heteroatoms. The highest BCUT2D eigenvalue weighted by atomic mass is 16.2. The van der Waals surface area contributed by atoms with Crippen LogP contribution in [-0.2, 0) is 13.0 Å². The Bertz CT molecular complexity index is 692. The molecule has 0 heterocycles. The van der Waals surface area contributed by atoms with Gasteiger partial charge in [0, 0.05) is 18.3 Å². The molecule has 2 amide bonds. The summed E-state index contributed by atoms with van der Waals surface area (Å²) in [5.41, 5.74) is 9.86. The summed E-state index contributed by atoms with van der Waals surface area (Å²) in [5, 5.41) is 6.30. The number of benzene rings is 2. The van der Waals surface area contributed by atoms with Gasteiger partial charge >= 0.3 is 6.03 Å². The van der Waals surface area contributed by atoms with Gasteiger partial charge < -0.3 is 16.4 Å². The zero-order chi connectivity index (χ0) is 16.9. The van der Waals surface area contributed by atoms with Gasteiger partial charge in [-0.1, -0.05) is 36.4 Å². The molecule has 1 fully saturated rings. The molecule has 126 valence electrons. The van der Waals surface area contributed by atoms with Crippen LogP contribution in [-0.4, -0.2) is 12.1 Å². The Labute approximate surface area is 143 Å². The second-order valence-electron chi connectivity index (χ2n) is 6.64. The monoisotopic (exact) mass is 323 g/mol. The van der Waals surface area contributed by atoms with Gasteiger partial charge in [0.05, 0.1) is 0 Å². The van der Waals surface area contributed by atoms with E-state index < -0.39 is 6.03 Å². The number of urea groups is 1. The van der Waals surface area contributed by atoms with E-state index >= 15 is 0 Å². The van der Waals surface area contributed by atoms with E-state index in [0.29, 0.717) is 6.04 Å². The van der Waals surface area contributed by atoms with Crippen molar-refractivity contribution in [2.24, 2.45) is 11.7 Å². The molecule has 0 aliphatic heterocycles. The molecule has 4 N–H and O–H groups in total. The second kappa shape index (κ2) is 7.49. The number of aryl methyl sites for hydroxylation is 1. The minimum absolute atomic E-state index is 0.523. The molecule has 0 bridgehead atoms. The Morgan fingerprint density at radius 2 is 1.88 bits per heavy atom. The first-order valence-electron chi connectivity index (χ1n) is 8.55. The van der Waals surface area contributed by atoms with Crippen LogP contribution in [0, 0.1) is 12.8 Å². The molecular weight excluding hydrogens is 298 g/mol. The van der Waals surface area contributed by atoms with Crippen molar-refractivity contribution >= 4 is 11.7 Å². The summed E-state index contributed by atoms with van der Waals surface area (Å²) in [6, 6.07) is 16.4. The van der Waals surface area contributed by atoms with Crippen LogP contribution in [0.3, 0.4) is 0 Å². The largest absolute Gasteiger partial charge is 0.351 e. The van der Waals surface area contributed by atoms with Gasteiger partial charge in [0.15, 0.2) is 0 Å². The van der Waals surface area contributed by atoms with Crippen molar-refractivity contribution in [1.29, 1.82) is 0 Å². The van der Waals surface area contributed by atoms with Crippen LogP contribution in [0.25, 0.3) is 0 Å². The minimum atomic E-state index is -0.534. The summed E-state index contributed by atoms with van der Waals surface area (Å²) in [6.45, 7) is 3.02. The highest BCUT2D eigenvalue weighted by molar-refractivity contribution is 5.87. The summed E-state index contributed by atoms with van der Waals surface area (Å²) in [7, 11) is 0. The maximum absolute atomic E-state index is 10.9. The predicted octanol–water partition coefficient (Wildman–Crippen LogP) is 3.60. The molecule has 0 spiro atoms. The third-order valence-electron chi connectivity index (χ3n) is 4.68. The van der Waals surface area contributed by atoms with Gasteiger partial charge in [0.2, 0.25) is 0 Å². The van der Waals surface area contributed by atoms with Crippen LogP contribution in [0.15, 0.2) is 48.5 Å². The summed E-state index contributed by atoms with van der Waals surface area (Å²) < 4.78 is 0. The fraction of sp³-hybridized carbons (Fsp3) is 0.350. The molecule has 1 aliphatic carbocycles. The van der Waals surface area contributed by atoms with E-state index in [-0.39, 0.29) is 0 Å². The van der Waals surface area contributed by atoms with Crippen LogP contribution in [0.2, 0.25) is 0 Å². The molecular formula is C20H25N3O. The van der Waals surface area contributed by atoms with Gasteiger partial charge in [0.1, 0.15) is 0 Å². The third-order valence-corrected chi connectivity index (χ3v) is 4.68. The highest BCUT2D eigenvalue weighted by Crippen LogP contribution is 2.34. The average Bonchev–Trinajstić information content (AvgIpc) is 3.39. The van der Waals surface area contributed by atoms with Crippen molar-refractivity contribution in [3.63, 3.8) is 0 Å². The van der Waals surface area contributed by atoms with E-state index in [1.165, 1.54) is 29.5 Å². The van der Waals surface area contributed by atoms with Crippen molar-refractivity contribution in [2.45, 2.75) is 38.8 Å². The molecule has 4 nitrogen and oxygen atoms in total. The predicted molar refractivity (Wildman–Crippen MR) is 97.9 cm³/mol. The summed E-state index contributed by atoms with van der Waals surface area (Å²) in [5.74, 6) is 0.792. The summed E-state index contributed by atoms with van der Waals surface area (Å²) in [4.78, 5) is 10.9. The molecule has 24 heavy (non-hydrogen) atoms. The number of primary amides is 1. The zero-order valence-corrected chi connectivity index (χ0v) is 14.1. The maximum atomic E-state index is 10.9. The quantitative estimate of drug-likeness (QED) is 0.729. The van der Waals surface area contributed by atoms with Gasteiger partial charge in [-0.15, -0.1) is 0 Å². The van der Waals surface area contributed by atoms with Crippen LogP contribution < -0.4 is 16.4 Å². The van der Waals surface area contributed by atoms with Crippen molar-refractivity contribution < 1.29 is 4.79 Å². The first-order chi connectivity index (χ1) is 11.6. The Balaban J connectivity index is 1.58. The minimum Gasteiger partial charge on any atom is -0.351 e. The number of hydrogen-bond acceptors (Lipinski definition) is 2. The molecule has 2 aromatic carbocycles. The highest BCUT2D eigenvalue weighted by Gasteiger charge is 2.31. The molecule has 1 unspecified atom stereocenters. The lowest BCUT2D eigenvalue weighted by atomic mass is 9.98. The molecule has 3 rings (SSSR count). The van der Waals surface area contributed by atoms with Crippen molar-refractivity contribution in [2.75, 3.05) is 5.32 Å². The topological polar surface area (TPSA) is 67.2 Å². The Hall–Kier alpha value is -2.33. The fourth-order valence-corrected chi connectivity index (χ4v) is 3.08. The summed E-state index contributed by atoms with van der Waals surface area (Å²) >= 11 is 0. The standard InChI is InChI=1S/C20H25N3O/c1-14-4-2-3-5-17(14)12-19(16-8-9-16)22-13-15-6-10-18(11-7-15)23-20(21)24/h2-7,10-11,16,19,22H,8-9,12-13H2,1H3,(H3,21,23,24). The smallest absolute Gasteiger partial charge is 0.316 e. The second-order valence-corrected chi connectivity index (χ2v) is 6.64. The number of carbonyl (C=O) groups is 1. The van der Waals surface area contributed by atoms with Crippen molar-refractivity contribution in [3.8, 4) is 0 Å². The Kier molecular flexibility index (Phi) is 5.16. The van der Waals surface area contributed by atoms with Crippen LogP contribution >= 0.6 is 0 Å². The molecule has 2 aromatic rings. The van der Waals surface area contributed by atoms with E-state index in [1.807, 2.05) is 24.3 Å². The lowest BCUT2D eigenvalue weighted by molar-refractivity contribution is 0.259. The van der Waals surface area contributed by atoms with Crippen LogP contribution in [0.5, 0.6) is 0 Å². The molecule has 1 saturated carbocycles. The van der Waals surface area contributed by atoms with E-state index in [4.69, 9.17) is 5.73 Å². The van der Waals surface area contributed by atoms with Gasteiger partial charge in [0.25, 0.3) is 0 Å². The van der Waals surface area contributed by atoms with Crippen molar-refractivity contribution in [1.82, 2.24) is 5.32 Å². The van der Waals surface area contributed by atoms with E-state index in [9.17, 15) is 4.79 Å². The molecule has 0 saturated heterocycles. The number of nitrogens with two attached hydrogens (primary N) is 1. The van der Waals surface area contributed by atoms with E-state index in [2.05, 4.69) is 41.8 Å². The first-order valence-corrected chi connectivity index (χ1v) is 8.55. The lowest BCUT2D eigenvalue weighted by Crippen LogP contribution is -2.33. The van der Waals surface area contributed by atoms with Crippen LogP contribution in [0.1, 0.15) is 29.5 Å². The zero-order valence-electron chi connectivity index (χ0n) is 14.1.